The zero-order chi connectivity index (χ0) is 14.5. The van der Waals surface area contributed by atoms with Crippen LogP contribution in [0.2, 0.25) is 0 Å². The molecule has 2 aromatic rings. The highest BCUT2D eigenvalue weighted by Gasteiger charge is 2.15. The maximum atomic E-state index is 5.82. The molecule has 1 saturated heterocycles. The van der Waals surface area contributed by atoms with E-state index in [0.29, 0.717) is 18.4 Å². The summed E-state index contributed by atoms with van der Waals surface area (Å²) in [4.78, 5) is 8.95. The number of ether oxygens (including phenoxy) is 2. The summed E-state index contributed by atoms with van der Waals surface area (Å²) in [7, 11) is 1.60. The van der Waals surface area contributed by atoms with Crippen LogP contribution in [0.15, 0.2) is 24.3 Å². The lowest BCUT2D eigenvalue weighted by molar-refractivity contribution is 0.234. The van der Waals surface area contributed by atoms with Gasteiger partial charge >= 0.3 is 0 Å². The minimum Gasteiger partial charge on any atom is -0.477 e. The van der Waals surface area contributed by atoms with E-state index in [4.69, 9.17) is 9.47 Å². The van der Waals surface area contributed by atoms with Crippen LogP contribution in [0.5, 0.6) is 11.8 Å². The maximum absolute atomic E-state index is 5.82. The number of methoxy groups -OCH3 is 1. The van der Waals surface area contributed by atoms with Crippen molar-refractivity contribution in [2.45, 2.75) is 19.3 Å². The van der Waals surface area contributed by atoms with E-state index in [-0.39, 0.29) is 0 Å². The van der Waals surface area contributed by atoms with Gasteiger partial charge in [-0.2, -0.15) is 0 Å². The predicted octanol–water partition coefficient (Wildman–Crippen LogP) is 2.41. The lowest BCUT2D eigenvalue weighted by Gasteiger charge is -2.22. The Morgan fingerprint density at radius 3 is 2.43 bits per heavy atom. The van der Waals surface area contributed by atoms with Crippen molar-refractivity contribution < 1.29 is 9.47 Å². The van der Waals surface area contributed by atoms with Crippen molar-refractivity contribution in [3.05, 3.63) is 24.3 Å². The van der Waals surface area contributed by atoms with Gasteiger partial charge in [0.1, 0.15) is 0 Å². The highest BCUT2D eigenvalue weighted by atomic mass is 16.5. The van der Waals surface area contributed by atoms with Gasteiger partial charge in [-0.1, -0.05) is 12.1 Å². The molecule has 1 aromatic carbocycles. The molecule has 0 radical (unpaired) electrons. The molecular weight excluding hydrogens is 266 g/mol. The molecule has 5 nitrogen and oxygen atoms in total. The molecular formula is C16H21N3O2. The summed E-state index contributed by atoms with van der Waals surface area (Å²) in [6.45, 7) is 2.89. The number of benzene rings is 1. The molecule has 5 heteroatoms. The van der Waals surface area contributed by atoms with Crippen LogP contribution in [0.3, 0.4) is 0 Å². The zero-order valence-corrected chi connectivity index (χ0v) is 12.3. The summed E-state index contributed by atoms with van der Waals surface area (Å²) in [6, 6.07) is 7.74. The van der Waals surface area contributed by atoms with E-state index in [0.717, 1.165) is 36.5 Å². The van der Waals surface area contributed by atoms with Crippen molar-refractivity contribution in [2.75, 3.05) is 26.8 Å². The minimum atomic E-state index is 0.457. The van der Waals surface area contributed by atoms with Crippen LogP contribution >= 0.6 is 0 Å². The average molecular weight is 287 g/mol. The molecule has 0 atom stereocenters. The molecule has 0 amide bonds. The fourth-order valence-electron chi connectivity index (χ4n) is 2.69. The van der Waals surface area contributed by atoms with Gasteiger partial charge in [0, 0.05) is 0 Å². The highest BCUT2D eigenvalue weighted by Crippen LogP contribution is 2.26. The predicted molar refractivity (Wildman–Crippen MR) is 81.8 cm³/mol. The molecule has 1 aliphatic heterocycles. The first-order chi connectivity index (χ1) is 10.4. The number of fused-ring (bicyclic) bond motifs is 1. The van der Waals surface area contributed by atoms with E-state index in [2.05, 4.69) is 15.3 Å². The SMILES string of the molecule is COc1nc2ccccc2nc1OCCC1CCNCC1. The van der Waals surface area contributed by atoms with Crippen LogP contribution in [-0.2, 0) is 0 Å². The number of hydrogen-bond acceptors (Lipinski definition) is 5. The van der Waals surface area contributed by atoms with Gasteiger partial charge in [-0.25, -0.2) is 9.97 Å². The zero-order valence-electron chi connectivity index (χ0n) is 12.3. The van der Waals surface area contributed by atoms with Crippen LogP contribution < -0.4 is 14.8 Å². The highest BCUT2D eigenvalue weighted by molar-refractivity contribution is 5.75. The van der Waals surface area contributed by atoms with E-state index >= 15 is 0 Å². The Kier molecular flexibility index (Phi) is 4.50. The van der Waals surface area contributed by atoms with Gasteiger partial charge in [0.05, 0.1) is 24.8 Å². The molecule has 1 aromatic heterocycles. The first-order valence-electron chi connectivity index (χ1n) is 7.51. The van der Waals surface area contributed by atoms with Crippen molar-refractivity contribution in [3.63, 3.8) is 0 Å². The second-order valence-electron chi connectivity index (χ2n) is 5.36. The van der Waals surface area contributed by atoms with Crippen LogP contribution in [0.4, 0.5) is 0 Å². The van der Waals surface area contributed by atoms with Gasteiger partial charge in [-0.05, 0) is 50.4 Å². The van der Waals surface area contributed by atoms with Gasteiger partial charge in [-0.3, -0.25) is 0 Å². The number of aromatic nitrogens is 2. The second kappa shape index (κ2) is 6.72. The minimum absolute atomic E-state index is 0.457. The van der Waals surface area contributed by atoms with Gasteiger partial charge in [0.15, 0.2) is 0 Å². The molecule has 1 fully saturated rings. The van der Waals surface area contributed by atoms with Gasteiger partial charge in [0.25, 0.3) is 11.8 Å². The topological polar surface area (TPSA) is 56.3 Å². The Hall–Kier alpha value is -1.88. The lowest BCUT2D eigenvalue weighted by Crippen LogP contribution is -2.28. The number of nitrogens with zero attached hydrogens (tertiary/aromatic N) is 2. The Balaban J connectivity index is 1.67. The third kappa shape index (κ3) is 3.42. The quantitative estimate of drug-likeness (QED) is 0.915. The molecule has 2 heterocycles. The van der Waals surface area contributed by atoms with Gasteiger partial charge < -0.3 is 14.8 Å². The van der Waals surface area contributed by atoms with Crippen molar-refractivity contribution in [1.82, 2.24) is 15.3 Å². The third-order valence-electron chi connectivity index (χ3n) is 3.93. The summed E-state index contributed by atoms with van der Waals surface area (Å²) >= 11 is 0. The molecule has 0 bridgehead atoms. The molecule has 3 rings (SSSR count). The Bertz CT molecular complexity index is 597. The first kappa shape index (κ1) is 14.1. The van der Waals surface area contributed by atoms with E-state index in [1.807, 2.05) is 24.3 Å². The molecule has 1 aliphatic rings. The Morgan fingerprint density at radius 2 is 1.76 bits per heavy atom. The Morgan fingerprint density at radius 1 is 1.10 bits per heavy atom. The van der Waals surface area contributed by atoms with Gasteiger partial charge in [0.2, 0.25) is 0 Å². The summed E-state index contributed by atoms with van der Waals surface area (Å²) < 4.78 is 11.1. The summed E-state index contributed by atoms with van der Waals surface area (Å²) in [5, 5.41) is 3.38. The maximum Gasteiger partial charge on any atom is 0.278 e. The number of rotatable bonds is 5. The molecule has 112 valence electrons. The van der Waals surface area contributed by atoms with Gasteiger partial charge in [-0.15, -0.1) is 0 Å². The van der Waals surface area contributed by atoms with Crippen LogP contribution in [0, 0.1) is 5.92 Å². The number of para-hydroxylation sites is 2. The van der Waals surface area contributed by atoms with Crippen LogP contribution in [0.25, 0.3) is 11.0 Å². The number of hydrogen-bond donors (Lipinski definition) is 1. The number of piperidine rings is 1. The monoisotopic (exact) mass is 287 g/mol. The smallest absolute Gasteiger partial charge is 0.278 e. The summed E-state index contributed by atoms with van der Waals surface area (Å²) in [5.74, 6) is 1.69. The van der Waals surface area contributed by atoms with Crippen molar-refractivity contribution in [2.24, 2.45) is 5.92 Å². The second-order valence-corrected chi connectivity index (χ2v) is 5.36. The van der Waals surface area contributed by atoms with E-state index < -0.39 is 0 Å². The lowest BCUT2D eigenvalue weighted by atomic mass is 9.95. The largest absolute Gasteiger partial charge is 0.477 e. The fourth-order valence-corrected chi connectivity index (χ4v) is 2.69. The van der Waals surface area contributed by atoms with E-state index in [9.17, 15) is 0 Å². The molecule has 21 heavy (non-hydrogen) atoms. The molecule has 1 N–H and O–H groups in total. The fraction of sp³-hybridized carbons (Fsp3) is 0.500. The van der Waals surface area contributed by atoms with Crippen molar-refractivity contribution >= 4 is 11.0 Å². The molecule has 0 unspecified atom stereocenters. The summed E-state index contributed by atoms with van der Waals surface area (Å²) in [6.07, 6.45) is 3.51. The average Bonchev–Trinajstić information content (AvgIpc) is 2.55. The molecule has 0 aliphatic carbocycles. The van der Waals surface area contributed by atoms with E-state index in [1.165, 1.54) is 12.8 Å². The Labute approximate surface area is 124 Å². The number of nitrogens with one attached hydrogen (secondary N) is 1. The van der Waals surface area contributed by atoms with E-state index in [1.54, 1.807) is 7.11 Å². The summed E-state index contributed by atoms with van der Waals surface area (Å²) in [5.41, 5.74) is 1.65. The van der Waals surface area contributed by atoms with Crippen molar-refractivity contribution in [3.8, 4) is 11.8 Å². The standard InChI is InChI=1S/C16H21N3O2/c1-20-15-16(19-14-5-3-2-4-13(14)18-15)21-11-8-12-6-9-17-10-7-12/h2-5,12,17H,6-11H2,1H3. The normalized spacial score (nSPS) is 16.0. The third-order valence-corrected chi connectivity index (χ3v) is 3.93. The first-order valence-corrected chi connectivity index (χ1v) is 7.51. The molecule has 0 spiro atoms. The molecule has 0 saturated carbocycles. The van der Waals surface area contributed by atoms with Crippen LogP contribution in [-0.4, -0.2) is 36.8 Å². The van der Waals surface area contributed by atoms with Crippen molar-refractivity contribution in [1.29, 1.82) is 0 Å². The van der Waals surface area contributed by atoms with Crippen LogP contribution in [0.1, 0.15) is 19.3 Å².